The van der Waals surface area contributed by atoms with Crippen molar-refractivity contribution < 1.29 is 0 Å². The Hall–Kier alpha value is -7.00. The lowest BCUT2D eigenvalue weighted by Gasteiger charge is -2.33. The van der Waals surface area contributed by atoms with Crippen LogP contribution in [-0.2, 0) is 5.41 Å². The molecule has 2 aliphatic rings. The van der Waals surface area contributed by atoms with E-state index in [-0.39, 0.29) is 5.41 Å². The average Bonchev–Trinajstić information content (AvgIpc) is 3.73. The summed E-state index contributed by atoms with van der Waals surface area (Å²) in [5.74, 6) is 0. The van der Waals surface area contributed by atoms with Gasteiger partial charge in [0.1, 0.15) is 0 Å². The molecule has 0 saturated heterocycles. The number of fused-ring (bicyclic) bond motifs is 6. The molecular formula is C59H47NSi. The first-order chi connectivity index (χ1) is 29.8. The molecule has 0 bridgehead atoms. The Morgan fingerprint density at radius 3 is 1.51 bits per heavy atom. The van der Waals surface area contributed by atoms with E-state index in [1.807, 2.05) is 0 Å². The minimum absolute atomic E-state index is 0.196. The molecule has 11 rings (SSSR count). The Labute approximate surface area is 361 Å². The fourth-order valence-corrected chi connectivity index (χ4v) is 15.6. The maximum absolute atomic E-state index is 2.75. The number of hydrogen-bond acceptors (Lipinski definition) is 1. The molecule has 0 unspecified atom stereocenters. The van der Waals surface area contributed by atoms with E-state index in [2.05, 4.69) is 245 Å². The molecule has 9 aromatic rings. The molecule has 0 saturated carbocycles. The molecule has 0 radical (unpaired) electrons. The second kappa shape index (κ2) is 14.3. The van der Waals surface area contributed by atoms with Crippen LogP contribution >= 0.6 is 0 Å². The van der Waals surface area contributed by atoms with E-state index in [9.17, 15) is 0 Å². The summed E-state index contributed by atoms with van der Waals surface area (Å²) in [6.45, 7) is 9.18. The first kappa shape index (κ1) is 37.0. The van der Waals surface area contributed by atoms with Crippen LogP contribution in [0.4, 0.5) is 17.1 Å². The Morgan fingerprint density at radius 2 is 0.869 bits per heavy atom. The van der Waals surface area contributed by atoms with Gasteiger partial charge in [0.25, 0.3) is 0 Å². The van der Waals surface area contributed by atoms with Crippen molar-refractivity contribution in [2.45, 2.75) is 33.1 Å². The fraction of sp³-hybridized carbons (Fsp3) is 0.0847. The van der Waals surface area contributed by atoms with Gasteiger partial charge in [-0.2, -0.15) is 0 Å². The monoisotopic (exact) mass is 797 g/mol. The summed E-state index contributed by atoms with van der Waals surface area (Å²) in [6.07, 6.45) is 0. The van der Waals surface area contributed by atoms with Crippen LogP contribution in [0.2, 0.25) is 0 Å². The predicted octanol–water partition coefficient (Wildman–Crippen LogP) is 12.8. The third-order valence-corrected chi connectivity index (χ3v) is 18.4. The predicted molar refractivity (Wildman–Crippen MR) is 262 cm³/mol. The van der Waals surface area contributed by atoms with Crippen LogP contribution in [0.1, 0.15) is 36.1 Å². The van der Waals surface area contributed by atoms with Gasteiger partial charge in [-0.05, 0) is 121 Å². The van der Waals surface area contributed by atoms with Gasteiger partial charge in [0, 0.05) is 22.4 Å². The fourth-order valence-electron chi connectivity index (χ4n) is 10.4. The zero-order valence-electron chi connectivity index (χ0n) is 35.2. The van der Waals surface area contributed by atoms with E-state index >= 15 is 0 Å². The summed E-state index contributed by atoms with van der Waals surface area (Å²) in [6, 6.07) is 80.1. The van der Waals surface area contributed by atoms with Crippen LogP contribution in [0.25, 0.3) is 44.5 Å². The largest absolute Gasteiger partial charge is 0.310 e. The van der Waals surface area contributed by atoms with Crippen molar-refractivity contribution in [1.29, 1.82) is 0 Å². The maximum Gasteiger partial charge on any atom is 0.180 e. The van der Waals surface area contributed by atoms with Crippen molar-refractivity contribution >= 4 is 45.9 Å². The van der Waals surface area contributed by atoms with Gasteiger partial charge in [0.15, 0.2) is 8.07 Å². The van der Waals surface area contributed by atoms with Gasteiger partial charge in [-0.15, -0.1) is 0 Å². The molecule has 0 aromatic heterocycles. The minimum atomic E-state index is -2.75. The second-order valence-corrected chi connectivity index (χ2v) is 21.2. The first-order valence-electron chi connectivity index (χ1n) is 21.5. The van der Waals surface area contributed by atoms with E-state index < -0.39 is 8.07 Å². The molecule has 1 heterocycles. The first-order valence-corrected chi connectivity index (χ1v) is 23.5. The van der Waals surface area contributed by atoms with Gasteiger partial charge < -0.3 is 4.90 Å². The van der Waals surface area contributed by atoms with E-state index in [0.29, 0.717) is 0 Å². The molecule has 61 heavy (non-hydrogen) atoms. The van der Waals surface area contributed by atoms with Crippen molar-refractivity contribution in [3.63, 3.8) is 0 Å². The number of aryl methyl sites for hydroxylation is 2. The molecule has 0 spiro atoms. The van der Waals surface area contributed by atoms with Gasteiger partial charge in [0.2, 0.25) is 0 Å². The molecule has 1 nitrogen and oxygen atoms in total. The average molecular weight is 798 g/mol. The van der Waals surface area contributed by atoms with Crippen LogP contribution in [-0.4, -0.2) is 8.07 Å². The molecule has 0 atom stereocenters. The summed E-state index contributed by atoms with van der Waals surface area (Å²) in [4.78, 5) is 2.54. The highest BCUT2D eigenvalue weighted by Crippen LogP contribution is 2.52. The van der Waals surface area contributed by atoms with Crippen LogP contribution in [0.5, 0.6) is 0 Å². The quantitative estimate of drug-likeness (QED) is 0.145. The van der Waals surface area contributed by atoms with E-state index in [4.69, 9.17) is 0 Å². The molecule has 1 aliphatic carbocycles. The Kier molecular flexibility index (Phi) is 8.70. The second-order valence-electron chi connectivity index (χ2n) is 17.5. The van der Waals surface area contributed by atoms with Gasteiger partial charge in [-0.3, -0.25) is 0 Å². The molecule has 0 amide bonds. The molecule has 9 aromatic carbocycles. The third-order valence-electron chi connectivity index (χ3n) is 13.5. The minimum Gasteiger partial charge on any atom is -0.310 e. The van der Waals surface area contributed by atoms with Gasteiger partial charge in [-0.25, -0.2) is 0 Å². The summed E-state index contributed by atoms with van der Waals surface area (Å²) < 4.78 is 0. The molecule has 0 N–H and O–H groups in total. The smallest absolute Gasteiger partial charge is 0.180 e. The highest BCUT2D eigenvalue weighted by Gasteiger charge is 2.50. The molecule has 1 aliphatic heterocycles. The highest BCUT2D eigenvalue weighted by atomic mass is 28.3. The maximum atomic E-state index is 2.54. The zero-order valence-corrected chi connectivity index (χ0v) is 36.2. The van der Waals surface area contributed by atoms with Crippen molar-refractivity contribution in [2.75, 3.05) is 4.90 Å². The zero-order chi connectivity index (χ0) is 41.3. The molecular weight excluding hydrogens is 751 g/mol. The van der Waals surface area contributed by atoms with E-state index in [0.717, 1.165) is 11.4 Å². The number of nitrogens with zero attached hydrogens (tertiary/aromatic N) is 1. The number of anilines is 3. The van der Waals surface area contributed by atoms with E-state index in [1.165, 1.54) is 93.2 Å². The van der Waals surface area contributed by atoms with Crippen molar-refractivity contribution in [3.05, 3.63) is 235 Å². The number of rotatable bonds is 7. The van der Waals surface area contributed by atoms with Crippen LogP contribution in [0.3, 0.4) is 0 Å². The van der Waals surface area contributed by atoms with Crippen molar-refractivity contribution in [1.82, 2.24) is 0 Å². The van der Waals surface area contributed by atoms with Gasteiger partial charge >= 0.3 is 0 Å². The van der Waals surface area contributed by atoms with Crippen molar-refractivity contribution in [2.24, 2.45) is 0 Å². The standard InChI is InChI=1S/C59H47NSi/c1-40-22-32-48(33-23-40)61(49-34-24-41(2)25-35-49)56-20-12-11-18-52(56)58-55(19-13-21-57(58)61)60(46-29-26-44(27-30-46)42-14-7-5-8-15-42)47-31-37-51-50-36-28-45(43-16-9-6-10-17-43)38-53(50)59(3,4)54(51)39-47/h5-39H,1-4H3. The van der Waals surface area contributed by atoms with Crippen LogP contribution in [0.15, 0.2) is 212 Å². The van der Waals surface area contributed by atoms with Gasteiger partial charge in [-0.1, -0.05) is 201 Å². The summed E-state index contributed by atoms with van der Waals surface area (Å²) in [7, 11) is -2.75. The third kappa shape index (κ3) is 5.81. The number of benzene rings is 9. The lowest BCUT2D eigenvalue weighted by molar-refractivity contribution is 0.660. The van der Waals surface area contributed by atoms with Crippen molar-refractivity contribution in [3.8, 4) is 44.5 Å². The SMILES string of the molecule is Cc1ccc([Si]2(c3ccc(C)cc3)c3ccccc3-c3c(N(c4ccc(-c5ccccc5)cc4)c4ccc5c(c4)C(C)(C)c4cc(-c6ccccc6)ccc4-5)cccc32)cc1. The van der Waals surface area contributed by atoms with Crippen LogP contribution in [0, 0.1) is 13.8 Å². The molecule has 2 heteroatoms. The lowest BCUT2D eigenvalue weighted by atomic mass is 9.81. The molecule has 292 valence electrons. The molecule has 0 fully saturated rings. The van der Waals surface area contributed by atoms with Crippen LogP contribution < -0.4 is 25.6 Å². The summed E-state index contributed by atoms with van der Waals surface area (Å²) in [5, 5.41) is 5.71. The Bertz CT molecular complexity index is 3040. The van der Waals surface area contributed by atoms with Gasteiger partial charge in [0.05, 0.1) is 5.69 Å². The number of hydrogen-bond donors (Lipinski definition) is 0. The summed E-state index contributed by atoms with van der Waals surface area (Å²) >= 11 is 0. The highest BCUT2D eigenvalue weighted by molar-refractivity contribution is 7.22. The summed E-state index contributed by atoms with van der Waals surface area (Å²) in [5.41, 5.74) is 18.8. The normalized spacial score (nSPS) is 13.8. The topological polar surface area (TPSA) is 3.24 Å². The van der Waals surface area contributed by atoms with E-state index in [1.54, 1.807) is 0 Å². The lowest BCUT2D eigenvalue weighted by Crippen LogP contribution is -2.72. The Balaban J connectivity index is 1.14. The Morgan fingerprint density at radius 1 is 0.377 bits per heavy atom.